The number of hydrogen-bond acceptors (Lipinski definition) is 4. The second-order valence-corrected chi connectivity index (χ2v) is 7.29. The number of hydrogen-bond donors (Lipinski definition) is 1. The zero-order valence-electron chi connectivity index (χ0n) is 10.5. The van der Waals surface area contributed by atoms with E-state index in [9.17, 15) is 8.42 Å². The quantitative estimate of drug-likeness (QED) is 0.859. The number of thioether (sulfide) groups is 1. The number of unbranched alkanes of at least 4 members (excludes halogenated alkanes) is 2. The third-order valence-corrected chi connectivity index (χ3v) is 5.28. The standard InChI is InChI=1S/C12H15ClN2O2S2/c1-2-3-4-7-18-12-14-10-6-5-9(13)8-11(10)19(16,17)15-12/h5-6,8H,2-4,7H2,1H3,(H,14,15). The van der Waals surface area contributed by atoms with Crippen LogP contribution in [0.4, 0.5) is 5.69 Å². The van der Waals surface area contributed by atoms with Gasteiger partial charge >= 0.3 is 0 Å². The minimum atomic E-state index is -3.64. The van der Waals surface area contributed by atoms with Crippen LogP contribution in [0, 0.1) is 0 Å². The molecule has 1 heterocycles. The van der Waals surface area contributed by atoms with Gasteiger partial charge in [-0.25, -0.2) is 0 Å². The maximum atomic E-state index is 12.0. The highest BCUT2D eigenvalue weighted by atomic mass is 35.5. The maximum Gasteiger partial charge on any atom is 0.286 e. The summed E-state index contributed by atoms with van der Waals surface area (Å²) in [6, 6.07) is 4.74. The first kappa shape index (κ1) is 14.7. The van der Waals surface area contributed by atoms with Crippen LogP contribution >= 0.6 is 23.4 Å². The van der Waals surface area contributed by atoms with Gasteiger partial charge in [0.2, 0.25) is 0 Å². The van der Waals surface area contributed by atoms with Crippen molar-refractivity contribution in [3.05, 3.63) is 23.2 Å². The van der Waals surface area contributed by atoms with Crippen molar-refractivity contribution in [3.8, 4) is 0 Å². The molecule has 1 aromatic carbocycles. The highest BCUT2D eigenvalue weighted by Gasteiger charge is 2.25. The number of rotatable bonds is 4. The molecule has 1 aliphatic heterocycles. The number of fused-ring (bicyclic) bond motifs is 1. The topological polar surface area (TPSA) is 58.5 Å². The SMILES string of the molecule is CCCCCSC1=NS(=O)(=O)c2cc(Cl)ccc2N1. The van der Waals surface area contributed by atoms with Crippen LogP contribution in [0.15, 0.2) is 27.5 Å². The molecule has 19 heavy (non-hydrogen) atoms. The van der Waals surface area contributed by atoms with E-state index in [4.69, 9.17) is 11.6 Å². The molecule has 7 heteroatoms. The fourth-order valence-electron chi connectivity index (χ4n) is 1.69. The summed E-state index contributed by atoms with van der Waals surface area (Å²) in [4.78, 5) is 0.137. The number of nitrogens with zero attached hydrogens (tertiary/aromatic N) is 1. The van der Waals surface area contributed by atoms with Crippen LogP contribution in [0.2, 0.25) is 5.02 Å². The zero-order valence-corrected chi connectivity index (χ0v) is 12.9. The Hall–Kier alpha value is -0.720. The summed E-state index contributed by atoms with van der Waals surface area (Å²) in [5.41, 5.74) is 0.539. The average Bonchev–Trinajstić information content (AvgIpc) is 2.35. The molecule has 0 aliphatic carbocycles. The molecular weight excluding hydrogens is 304 g/mol. The van der Waals surface area contributed by atoms with Crippen molar-refractivity contribution in [3.63, 3.8) is 0 Å². The Kier molecular flexibility index (Phi) is 4.76. The summed E-state index contributed by atoms with van der Waals surface area (Å²) in [6.45, 7) is 2.13. The van der Waals surface area contributed by atoms with Gasteiger partial charge in [0.05, 0.1) is 5.69 Å². The first-order valence-electron chi connectivity index (χ1n) is 6.07. The lowest BCUT2D eigenvalue weighted by Crippen LogP contribution is -2.19. The van der Waals surface area contributed by atoms with E-state index in [0.717, 1.165) is 25.0 Å². The Morgan fingerprint density at radius 1 is 1.37 bits per heavy atom. The van der Waals surface area contributed by atoms with Gasteiger partial charge in [-0.15, -0.1) is 4.40 Å². The van der Waals surface area contributed by atoms with E-state index < -0.39 is 10.0 Å². The highest BCUT2D eigenvalue weighted by Crippen LogP contribution is 2.31. The molecule has 0 spiro atoms. The minimum absolute atomic E-state index is 0.137. The van der Waals surface area contributed by atoms with E-state index in [1.807, 2.05) is 0 Å². The Labute approximate surface area is 122 Å². The molecule has 0 unspecified atom stereocenters. The average molecular weight is 319 g/mol. The van der Waals surface area contributed by atoms with Crippen LogP contribution in [0.5, 0.6) is 0 Å². The molecule has 1 aromatic rings. The predicted molar refractivity (Wildman–Crippen MR) is 81.7 cm³/mol. The lowest BCUT2D eigenvalue weighted by atomic mass is 10.3. The number of amidine groups is 1. The summed E-state index contributed by atoms with van der Waals surface area (Å²) in [7, 11) is -3.64. The monoisotopic (exact) mass is 318 g/mol. The van der Waals surface area contributed by atoms with Crippen molar-refractivity contribution in [2.75, 3.05) is 11.1 Å². The Morgan fingerprint density at radius 2 is 2.16 bits per heavy atom. The van der Waals surface area contributed by atoms with Crippen molar-refractivity contribution < 1.29 is 8.42 Å². The van der Waals surface area contributed by atoms with E-state index in [2.05, 4.69) is 16.6 Å². The van der Waals surface area contributed by atoms with Crippen LogP contribution in [-0.4, -0.2) is 19.3 Å². The first-order valence-corrected chi connectivity index (χ1v) is 8.87. The first-order chi connectivity index (χ1) is 9.03. The lowest BCUT2D eigenvalue weighted by Gasteiger charge is -2.17. The van der Waals surface area contributed by atoms with E-state index >= 15 is 0 Å². The second-order valence-electron chi connectivity index (χ2n) is 4.19. The van der Waals surface area contributed by atoms with Crippen LogP contribution in [0.3, 0.4) is 0 Å². The molecule has 0 saturated carbocycles. The molecule has 0 fully saturated rings. The van der Waals surface area contributed by atoms with Crippen molar-refractivity contribution in [2.45, 2.75) is 31.1 Å². The molecule has 0 saturated heterocycles. The van der Waals surface area contributed by atoms with Crippen molar-refractivity contribution >= 4 is 44.2 Å². The van der Waals surface area contributed by atoms with E-state index in [1.165, 1.54) is 17.8 Å². The van der Waals surface area contributed by atoms with Gasteiger partial charge in [0.25, 0.3) is 10.0 Å². The summed E-state index contributed by atoms with van der Waals surface area (Å²) in [5.74, 6) is 0.859. The van der Waals surface area contributed by atoms with E-state index in [0.29, 0.717) is 15.9 Å². The van der Waals surface area contributed by atoms with E-state index in [1.54, 1.807) is 12.1 Å². The van der Waals surface area contributed by atoms with Gasteiger partial charge in [-0.2, -0.15) is 8.42 Å². The molecule has 104 valence electrons. The van der Waals surface area contributed by atoms with Gasteiger partial charge in [-0.3, -0.25) is 0 Å². The number of anilines is 1. The van der Waals surface area contributed by atoms with Gasteiger partial charge in [0.15, 0.2) is 5.17 Å². The zero-order chi connectivity index (χ0) is 13.9. The van der Waals surface area contributed by atoms with Gasteiger partial charge in [0, 0.05) is 10.8 Å². The highest BCUT2D eigenvalue weighted by molar-refractivity contribution is 8.14. The van der Waals surface area contributed by atoms with E-state index in [-0.39, 0.29) is 4.90 Å². The molecule has 2 rings (SSSR count). The maximum absolute atomic E-state index is 12.0. The van der Waals surface area contributed by atoms with Gasteiger partial charge in [-0.05, 0) is 24.6 Å². The third kappa shape index (κ3) is 3.64. The predicted octanol–water partition coefficient (Wildman–Crippen LogP) is 3.73. The smallest absolute Gasteiger partial charge is 0.286 e. The van der Waals surface area contributed by atoms with Crippen molar-refractivity contribution in [2.24, 2.45) is 4.40 Å². The largest absolute Gasteiger partial charge is 0.333 e. The van der Waals surface area contributed by atoms with Crippen molar-refractivity contribution in [1.82, 2.24) is 0 Å². The van der Waals surface area contributed by atoms with Crippen LogP contribution in [0.1, 0.15) is 26.2 Å². The van der Waals surface area contributed by atoms with Gasteiger partial charge < -0.3 is 5.32 Å². The minimum Gasteiger partial charge on any atom is -0.333 e. The normalized spacial score (nSPS) is 16.4. The van der Waals surface area contributed by atoms with Crippen LogP contribution in [-0.2, 0) is 10.0 Å². The molecule has 1 N–H and O–H groups in total. The second kappa shape index (κ2) is 6.15. The summed E-state index contributed by atoms with van der Waals surface area (Å²) < 4.78 is 27.8. The summed E-state index contributed by atoms with van der Waals surface area (Å²) in [5, 5.41) is 3.86. The Morgan fingerprint density at radius 3 is 2.89 bits per heavy atom. The fourth-order valence-corrected chi connectivity index (χ4v) is 4.19. The van der Waals surface area contributed by atoms with Crippen LogP contribution < -0.4 is 5.32 Å². The molecular formula is C12H15ClN2O2S2. The molecule has 0 bridgehead atoms. The van der Waals surface area contributed by atoms with Gasteiger partial charge in [0.1, 0.15) is 4.90 Å². The number of sulfonamides is 1. The Balaban J connectivity index is 2.15. The molecule has 4 nitrogen and oxygen atoms in total. The molecule has 0 radical (unpaired) electrons. The molecule has 0 amide bonds. The Bertz CT molecular complexity index is 600. The summed E-state index contributed by atoms with van der Waals surface area (Å²) in [6.07, 6.45) is 3.33. The fraction of sp³-hybridized carbons (Fsp3) is 0.417. The number of nitrogens with one attached hydrogen (secondary N) is 1. The molecule has 0 atom stereocenters. The summed E-state index contributed by atoms with van der Waals surface area (Å²) >= 11 is 7.25. The number of halogens is 1. The number of benzene rings is 1. The lowest BCUT2D eigenvalue weighted by molar-refractivity contribution is 0.598. The van der Waals surface area contributed by atoms with Gasteiger partial charge in [-0.1, -0.05) is 43.1 Å². The van der Waals surface area contributed by atoms with Crippen LogP contribution in [0.25, 0.3) is 0 Å². The molecule has 1 aliphatic rings. The van der Waals surface area contributed by atoms with Crippen molar-refractivity contribution in [1.29, 1.82) is 0 Å². The third-order valence-electron chi connectivity index (χ3n) is 2.65. The molecule has 0 aromatic heterocycles.